The Kier molecular flexibility index (Phi) is 10.7. The first kappa shape index (κ1) is 48.1. The molecule has 5 heteroatoms. The Labute approximate surface area is 494 Å². The smallest absolute Gasteiger partial charge is 0.0745 e. The van der Waals surface area contributed by atoms with E-state index in [1.54, 1.807) is 0 Å². The summed E-state index contributed by atoms with van der Waals surface area (Å²) in [5.41, 5.74) is 15.4. The van der Waals surface area contributed by atoms with Crippen LogP contribution in [0.4, 0.5) is 0 Å². The van der Waals surface area contributed by atoms with Crippen LogP contribution in [0.3, 0.4) is 0 Å². The number of aryl methyl sites for hydroxylation is 2. The molecule has 0 atom stereocenters. The first-order chi connectivity index (χ1) is 39.8. The largest absolute Gasteiger partial charge is 0.143 e. The van der Waals surface area contributed by atoms with Crippen LogP contribution in [-0.4, -0.2) is 0 Å². The molecule has 0 saturated carbocycles. The van der Waals surface area contributed by atoms with Gasteiger partial charge in [0.05, 0.1) is 10.8 Å². The number of rotatable bonds is 0. The highest BCUT2D eigenvalue weighted by Crippen LogP contribution is 2.66. The molecule has 0 radical (unpaired) electrons. The van der Waals surface area contributed by atoms with Crippen LogP contribution < -0.4 is 0 Å². The maximum Gasteiger partial charge on any atom is 0.0745 e. The monoisotopic (exact) mass is 1120 g/mol. The molecule has 0 bridgehead atoms. The van der Waals surface area contributed by atoms with Gasteiger partial charge in [0.25, 0.3) is 0 Å². The standard InChI is InChI=1S/C42H26S2.C34H22S3/c1-24-22-25-18-20-35-40(38(25)31-14-4-2-10-27(24)31)44-41-36(21-19-26-23-37(43)30-13-3-5-15-32(30)39(26)41)42(35)33-16-8-6-11-28(33)29-12-7-9-17-34(29)42;1-20-10-14-24-21(18-20)11-16-28-32(24)37-33-25-15-13-23(35)19-22(25)12-17-29(33)34(28)26-6-2-4-8-30(26)36-31-9-5-3-7-27(31)34/h2-23,43H,1H3;2-19,35H,1H3. The second-order valence-electron chi connectivity index (χ2n) is 22.2. The maximum atomic E-state index is 4.94. The quantitative estimate of drug-likeness (QED) is 0.115. The SMILES string of the molecule is Cc1cc2ccc3c(c2c2ccccc12)Sc1c(ccc2cc(S)c4ccccc4c12)C31c2ccccc2-c2ccccc21.Cc1ccc2c3c(ccc2c1)C1(c2ccccc2Sc2ccccc21)c1ccc2cc(S)ccc2c1S3. The van der Waals surface area contributed by atoms with E-state index in [0.29, 0.717) is 0 Å². The van der Waals surface area contributed by atoms with Crippen molar-refractivity contribution in [3.8, 4) is 11.1 Å². The van der Waals surface area contributed by atoms with Crippen molar-refractivity contribution in [2.24, 2.45) is 0 Å². The summed E-state index contributed by atoms with van der Waals surface area (Å²) in [4.78, 5) is 10.1. The van der Waals surface area contributed by atoms with Gasteiger partial charge in [-0.25, -0.2) is 0 Å². The molecule has 0 aromatic heterocycles. The Morgan fingerprint density at radius 2 is 0.728 bits per heavy atom. The summed E-state index contributed by atoms with van der Waals surface area (Å²) in [6.45, 7) is 4.42. The van der Waals surface area contributed by atoms with E-state index < -0.39 is 5.41 Å². The van der Waals surface area contributed by atoms with Crippen LogP contribution in [-0.2, 0) is 10.8 Å². The topological polar surface area (TPSA) is 0 Å². The second-order valence-corrected chi connectivity index (χ2v) is 26.3. The molecule has 18 rings (SSSR count). The Hall–Kier alpha value is -7.61. The molecule has 0 unspecified atom stereocenters. The molecule has 14 aromatic carbocycles. The van der Waals surface area contributed by atoms with Crippen molar-refractivity contribution in [3.63, 3.8) is 0 Å². The van der Waals surface area contributed by atoms with Gasteiger partial charge in [-0.15, -0.1) is 25.3 Å². The van der Waals surface area contributed by atoms with Crippen LogP contribution in [0.2, 0.25) is 0 Å². The van der Waals surface area contributed by atoms with E-state index in [0.717, 1.165) is 9.79 Å². The fraction of sp³-hybridized carbons (Fsp3) is 0.0526. The van der Waals surface area contributed by atoms with Crippen molar-refractivity contribution in [2.45, 2.75) is 63.8 Å². The third-order valence-electron chi connectivity index (χ3n) is 18.0. The summed E-state index contributed by atoms with van der Waals surface area (Å²) in [6, 6.07) is 90.9. The van der Waals surface area contributed by atoms with E-state index >= 15 is 0 Å². The van der Waals surface area contributed by atoms with E-state index in [9.17, 15) is 0 Å². The number of hydrogen-bond acceptors (Lipinski definition) is 5. The predicted octanol–water partition coefficient (Wildman–Crippen LogP) is 21.6. The van der Waals surface area contributed by atoms with Crippen LogP contribution in [0.25, 0.3) is 75.8 Å². The molecule has 4 aliphatic rings. The van der Waals surface area contributed by atoms with E-state index in [1.807, 2.05) is 35.3 Å². The average molecular weight is 1120 g/mol. The molecule has 3 heterocycles. The summed E-state index contributed by atoms with van der Waals surface area (Å²) < 4.78 is 0. The molecule has 0 amide bonds. The predicted molar refractivity (Wildman–Crippen MR) is 350 cm³/mol. The number of benzene rings is 14. The summed E-state index contributed by atoms with van der Waals surface area (Å²) in [7, 11) is 0. The molecular formula is C76H48S5. The summed E-state index contributed by atoms with van der Waals surface area (Å²) >= 11 is 15.4. The van der Waals surface area contributed by atoms with Gasteiger partial charge in [-0.3, -0.25) is 0 Å². The average Bonchev–Trinajstić information content (AvgIpc) is 3.55. The molecular weight excluding hydrogens is 1070 g/mol. The van der Waals surface area contributed by atoms with E-state index in [1.165, 1.54) is 161 Å². The van der Waals surface area contributed by atoms with Crippen molar-refractivity contribution in [1.82, 2.24) is 0 Å². The van der Waals surface area contributed by atoms with Crippen molar-refractivity contribution >= 4 is 125 Å². The van der Waals surface area contributed by atoms with Crippen molar-refractivity contribution in [1.29, 1.82) is 0 Å². The van der Waals surface area contributed by atoms with Gasteiger partial charge in [-0.2, -0.15) is 0 Å². The Balaban J connectivity index is 0.000000131. The van der Waals surface area contributed by atoms with E-state index in [-0.39, 0.29) is 5.41 Å². The highest BCUT2D eigenvalue weighted by molar-refractivity contribution is 8.00. The molecule has 382 valence electrons. The zero-order valence-electron chi connectivity index (χ0n) is 44.2. The van der Waals surface area contributed by atoms with Gasteiger partial charge < -0.3 is 0 Å². The minimum atomic E-state index is -0.432. The lowest BCUT2D eigenvalue weighted by molar-refractivity contribution is 0.672. The number of fused-ring (bicyclic) bond motifs is 29. The summed E-state index contributed by atoms with van der Waals surface area (Å²) in [5, 5.41) is 15.5. The van der Waals surface area contributed by atoms with Gasteiger partial charge in [0, 0.05) is 49.9 Å². The molecule has 81 heavy (non-hydrogen) atoms. The minimum absolute atomic E-state index is 0.388. The van der Waals surface area contributed by atoms with Gasteiger partial charge in [-0.05, 0) is 159 Å². The summed E-state index contributed by atoms with van der Waals surface area (Å²) in [5.74, 6) is 0. The number of thiol groups is 2. The van der Waals surface area contributed by atoms with Gasteiger partial charge in [0.2, 0.25) is 0 Å². The Bertz CT molecular complexity index is 4790. The highest BCUT2D eigenvalue weighted by atomic mass is 32.2. The fourth-order valence-corrected chi connectivity index (χ4v) is 19.4. The molecule has 0 nitrogen and oxygen atoms in total. The van der Waals surface area contributed by atoms with Gasteiger partial charge >= 0.3 is 0 Å². The normalized spacial score (nSPS) is 14.5. The molecule has 1 aliphatic carbocycles. The van der Waals surface area contributed by atoms with Crippen molar-refractivity contribution < 1.29 is 0 Å². The summed E-state index contributed by atoms with van der Waals surface area (Å²) in [6.07, 6.45) is 0. The molecule has 0 N–H and O–H groups in total. The van der Waals surface area contributed by atoms with Crippen LogP contribution in [0.1, 0.15) is 55.6 Å². The second kappa shape index (κ2) is 17.9. The maximum absolute atomic E-state index is 4.94. The van der Waals surface area contributed by atoms with Gasteiger partial charge in [0.15, 0.2) is 0 Å². The lowest BCUT2D eigenvalue weighted by atomic mass is 9.64. The molecule has 3 aliphatic heterocycles. The first-order valence-corrected chi connectivity index (χ1v) is 31.0. The van der Waals surface area contributed by atoms with Crippen molar-refractivity contribution in [3.05, 3.63) is 298 Å². The van der Waals surface area contributed by atoms with Gasteiger partial charge in [-0.1, -0.05) is 253 Å². The third kappa shape index (κ3) is 6.64. The van der Waals surface area contributed by atoms with Crippen LogP contribution in [0.5, 0.6) is 0 Å². The Morgan fingerprint density at radius 3 is 1.33 bits per heavy atom. The zero-order valence-corrected chi connectivity index (χ0v) is 48.5. The van der Waals surface area contributed by atoms with Gasteiger partial charge in [0.1, 0.15) is 0 Å². The van der Waals surface area contributed by atoms with Crippen molar-refractivity contribution in [2.75, 3.05) is 0 Å². The Morgan fingerprint density at radius 1 is 0.296 bits per heavy atom. The minimum Gasteiger partial charge on any atom is -0.143 e. The van der Waals surface area contributed by atoms with E-state index in [2.05, 4.69) is 269 Å². The number of hydrogen-bond donors (Lipinski definition) is 2. The molecule has 0 saturated heterocycles. The van der Waals surface area contributed by atoms with Crippen LogP contribution in [0.15, 0.2) is 282 Å². The molecule has 2 spiro atoms. The lowest BCUT2D eigenvalue weighted by Gasteiger charge is -2.46. The third-order valence-corrected chi connectivity index (χ3v) is 22.3. The lowest BCUT2D eigenvalue weighted by Crippen LogP contribution is -2.36. The molecule has 14 aromatic rings. The highest BCUT2D eigenvalue weighted by Gasteiger charge is 2.52. The van der Waals surface area contributed by atoms with Crippen LogP contribution in [0, 0.1) is 13.8 Å². The fourth-order valence-electron chi connectivity index (χ4n) is 14.7. The van der Waals surface area contributed by atoms with E-state index in [4.69, 9.17) is 12.6 Å². The van der Waals surface area contributed by atoms with Crippen LogP contribution >= 0.6 is 60.5 Å². The zero-order chi connectivity index (χ0) is 53.9. The first-order valence-electron chi connectivity index (χ1n) is 27.7. The molecule has 0 fully saturated rings.